The van der Waals surface area contributed by atoms with Gasteiger partial charge >= 0.3 is 0 Å². The van der Waals surface area contributed by atoms with Crippen molar-refractivity contribution >= 4 is 11.7 Å². The smallest absolute Gasteiger partial charge is 0.274 e. The number of carbonyl (C=O) groups excluding carboxylic acids is 1. The number of H-pyrrole nitrogens is 1. The van der Waals surface area contributed by atoms with Crippen LogP contribution in [-0.2, 0) is 0 Å². The molecule has 0 spiro atoms. The summed E-state index contributed by atoms with van der Waals surface area (Å²) in [4.78, 5) is 20.7. The van der Waals surface area contributed by atoms with Crippen molar-refractivity contribution in [2.75, 3.05) is 12.4 Å². The number of amides is 1. The molecule has 0 radical (unpaired) electrons. The zero-order valence-corrected chi connectivity index (χ0v) is 14.3. The Labute approximate surface area is 154 Å². The highest BCUT2D eigenvalue weighted by Gasteiger charge is 2.14. The van der Waals surface area contributed by atoms with Crippen molar-refractivity contribution in [2.45, 2.75) is 0 Å². The maximum Gasteiger partial charge on any atom is 0.274 e. The second-order valence-corrected chi connectivity index (χ2v) is 5.53. The van der Waals surface area contributed by atoms with Gasteiger partial charge in [-0.05, 0) is 24.3 Å². The van der Waals surface area contributed by atoms with Crippen LogP contribution in [0.2, 0.25) is 0 Å². The van der Waals surface area contributed by atoms with E-state index in [1.807, 2.05) is 24.3 Å². The minimum absolute atomic E-state index is 0.301. The number of carbonyl (C=O) groups is 1. The second-order valence-electron chi connectivity index (χ2n) is 5.53. The molecule has 0 saturated heterocycles. The first kappa shape index (κ1) is 16.5. The minimum Gasteiger partial charge on any atom is -0.496 e. The van der Waals surface area contributed by atoms with Crippen LogP contribution in [0, 0.1) is 0 Å². The van der Waals surface area contributed by atoms with Gasteiger partial charge in [0.25, 0.3) is 5.91 Å². The molecule has 4 rings (SSSR count). The summed E-state index contributed by atoms with van der Waals surface area (Å²) in [6, 6.07) is 12.5. The molecule has 4 aromatic rings. The lowest BCUT2D eigenvalue weighted by Gasteiger charge is -2.05. The highest BCUT2D eigenvalue weighted by Crippen LogP contribution is 2.28. The van der Waals surface area contributed by atoms with E-state index >= 15 is 0 Å². The summed E-state index contributed by atoms with van der Waals surface area (Å²) in [5, 5.41) is 13.8. The van der Waals surface area contributed by atoms with Crippen LogP contribution < -0.4 is 10.1 Å². The monoisotopic (exact) mass is 361 g/mol. The Balaban J connectivity index is 1.55. The second kappa shape index (κ2) is 7.08. The van der Waals surface area contributed by atoms with Crippen LogP contribution in [0.25, 0.3) is 17.1 Å². The van der Waals surface area contributed by atoms with Crippen molar-refractivity contribution < 1.29 is 9.53 Å². The molecule has 27 heavy (non-hydrogen) atoms. The first-order chi connectivity index (χ1) is 13.2. The number of aromatic amines is 1. The maximum atomic E-state index is 12.5. The van der Waals surface area contributed by atoms with Gasteiger partial charge in [0.1, 0.15) is 23.6 Å². The lowest BCUT2D eigenvalue weighted by Crippen LogP contribution is -2.14. The topological polar surface area (TPSA) is 111 Å². The maximum absolute atomic E-state index is 12.5. The Morgan fingerprint density at radius 1 is 1.19 bits per heavy atom. The highest BCUT2D eigenvalue weighted by molar-refractivity contribution is 6.03. The summed E-state index contributed by atoms with van der Waals surface area (Å²) in [7, 11) is 1.59. The molecule has 0 aliphatic carbocycles. The predicted octanol–water partition coefficient (Wildman–Crippen LogP) is 2.31. The van der Waals surface area contributed by atoms with E-state index in [2.05, 4.69) is 30.6 Å². The molecular formula is C18H15N7O2. The first-order valence-electron chi connectivity index (χ1n) is 8.07. The average molecular weight is 361 g/mol. The zero-order chi connectivity index (χ0) is 18.6. The number of aromatic nitrogens is 6. The molecule has 0 atom stereocenters. The number of anilines is 1. The third-order valence-corrected chi connectivity index (χ3v) is 3.84. The number of para-hydroxylation sites is 1. The molecule has 0 unspecified atom stereocenters. The van der Waals surface area contributed by atoms with Gasteiger partial charge in [0.15, 0.2) is 5.82 Å². The standard InChI is InChI=1S/C18H15N7O2/c1-27-15-6-3-2-5-12(15)13-9-14(24-23-13)18(26)22-16-10-17(20-11-19-16)25-8-4-7-21-25/h2-11H,1H3,(H,23,24)(H,19,20,22,26). The predicted molar refractivity (Wildman–Crippen MR) is 97.7 cm³/mol. The van der Waals surface area contributed by atoms with Gasteiger partial charge in [-0.2, -0.15) is 10.2 Å². The fraction of sp³-hybridized carbons (Fsp3) is 0.0556. The first-order valence-corrected chi connectivity index (χ1v) is 8.07. The van der Waals surface area contributed by atoms with E-state index in [0.717, 1.165) is 5.56 Å². The summed E-state index contributed by atoms with van der Waals surface area (Å²) in [6.45, 7) is 0. The van der Waals surface area contributed by atoms with Crippen molar-refractivity contribution in [3.63, 3.8) is 0 Å². The van der Waals surface area contributed by atoms with Gasteiger partial charge in [0.2, 0.25) is 0 Å². The van der Waals surface area contributed by atoms with Gasteiger partial charge in [-0.3, -0.25) is 9.89 Å². The third kappa shape index (κ3) is 3.38. The molecule has 0 bridgehead atoms. The molecule has 1 amide bonds. The number of benzene rings is 1. The molecule has 9 heteroatoms. The number of nitrogens with one attached hydrogen (secondary N) is 2. The van der Waals surface area contributed by atoms with Crippen molar-refractivity contribution in [3.8, 4) is 22.8 Å². The SMILES string of the molecule is COc1ccccc1-c1cc(C(=O)Nc2cc(-n3cccn3)ncn2)[nH]n1. The lowest BCUT2D eigenvalue weighted by molar-refractivity contribution is 0.102. The molecule has 2 N–H and O–H groups in total. The van der Waals surface area contributed by atoms with E-state index in [-0.39, 0.29) is 5.91 Å². The van der Waals surface area contributed by atoms with Gasteiger partial charge in [0.05, 0.1) is 12.8 Å². The van der Waals surface area contributed by atoms with E-state index in [9.17, 15) is 4.79 Å². The van der Waals surface area contributed by atoms with Crippen molar-refractivity contribution in [3.05, 3.63) is 66.9 Å². The van der Waals surface area contributed by atoms with Crippen LogP contribution in [0.1, 0.15) is 10.5 Å². The molecule has 1 aromatic carbocycles. The van der Waals surface area contributed by atoms with Gasteiger partial charge in [-0.1, -0.05) is 12.1 Å². The quantitative estimate of drug-likeness (QED) is 0.564. The number of methoxy groups -OCH3 is 1. The zero-order valence-electron chi connectivity index (χ0n) is 14.3. The summed E-state index contributed by atoms with van der Waals surface area (Å²) < 4.78 is 6.91. The van der Waals surface area contributed by atoms with E-state index in [4.69, 9.17) is 4.74 Å². The molecule has 3 heterocycles. The Kier molecular flexibility index (Phi) is 4.32. The van der Waals surface area contributed by atoms with Crippen LogP contribution >= 0.6 is 0 Å². The van der Waals surface area contributed by atoms with Gasteiger partial charge in [0, 0.05) is 24.0 Å². The van der Waals surface area contributed by atoms with Crippen LogP contribution in [0.3, 0.4) is 0 Å². The Morgan fingerprint density at radius 2 is 2.07 bits per heavy atom. The van der Waals surface area contributed by atoms with Crippen molar-refractivity contribution in [2.24, 2.45) is 0 Å². The Hall–Kier alpha value is -4.01. The molecule has 0 aliphatic heterocycles. The molecule has 0 saturated carbocycles. The molecule has 134 valence electrons. The molecule has 0 fully saturated rings. The summed E-state index contributed by atoms with van der Waals surface area (Å²) in [5.41, 5.74) is 1.70. The summed E-state index contributed by atoms with van der Waals surface area (Å²) in [5.74, 6) is 1.21. The van der Waals surface area contributed by atoms with E-state index in [1.54, 1.807) is 42.4 Å². The van der Waals surface area contributed by atoms with Crippen LogP contribution in [0.4, 0.5) is 5.82 Å². The molecular weight excluding hydrogens is 346 g/mol. The minimum atomic E-state index is -0.367. The fourth-order valence-electron chi connectivity index (χ4n) is 2.56. The number of ether oxygens (including phenoxy) is 1. The van der Waals surface area contributed by atoms with Crippen molar-refractivity contribution in [1.29, 1.82) is 0 Å². The van der Waals surface area contributed by atoms with Gasteiger partial charge in [-0.25, -0.2) is 14.6 Å². The van der Waals surface area contributed by atoms with Gasteiger partial charge < -0.3 is 10.1 Å². The molecule has 3 aromatic heterocycles. The fourth-order valence-corrected chi connectivity index (χ4v) is 2.56. The highest BCUT2D eigenvalue weighted by atomic mass is 16.5. The number of hydrogen-bond acceptors (Lipinski definition) is 6. The van der Waals surface area contributed by atoms with Gasteiger partial charge in [-0.15, -0.1) is 0 Å². The van der Waals surface area contributed by atoms with E-state index < -0.39 is 0 Å². The lowest BCUT2D eigenvalue weighted by atomic mass is 10.1. The van der Waals surface area contributed by atoms with E-state index in [1.165, 1.54) is 6.33 Å². The van der Waals surface area contributed by atoms with E-state index in [0.29, 0.717) is 28.8 Å². The largest absolute Gasteiger partial charge is 0.496 e. The number of nitrogens with zero attached hydrogens (tertiary/aromatic N) is 5. The third-order valence-electron chi connectivity index (χ3n) is 3.84. The van der Waals surface area contributed by atoms with Crippen LogP contribution in [-0.4, -0.2) is 43.0 Å². The average Bonchev–Trinajstić information content (AvgIpc) is 3.40. The number of rotatable bonds is 5. The number of hydrogen-bond donors (Lipinski definition) is 2. The van der Waals surface area contributed by atoms with Crippen LogP contribution in [0.5, 0.6) is 5.75 Å². The summed E-state index contributed by atoms with van der Waals surface area (Å²) >= 11 is 0. The Morgan fingerprint density at radius 3 is 2.89 bits per heavy atom. The summed E-state index contributed by atoms with van der Waals surface area (Å²) in [6.07, 6.45) is 4.76. The Bertz CT molecular complexity index is 1070. The molecule has 9 nitrogen and oxygen atoms in total. The normalized spacial score (nSPS) is 10.6. The van der Waals surface area contributed by atoms with Crippen molar-refractivity contribution in [1.82, 2.24) is 29.9 Å². The van der Waals surface area contributed by atoms with Crippen LogP contribution in [0.15, 0.2) is 61.2 Å². The molecule has 0 aliphatic rings.